The highest BCUT2D eigenvalue weighted by Gasteiger charge is 2.41. The Kier molecular flexibility index (Phi) is 9.87. The number of pyridine rings is 2. The van der Waals surface area contributed by atoms with Gasteiger partial charge in [-0.1, -0.05) is 18.5 Å². The van der Waals surface area contributed by atoms with Crippen molar-refractivity contribution in [1.29, 1.82) is 0 Å². The minimum atomic E-state index is -0.822. The first-order valence-corrected chi connectivity index (χ1v) is 13.4. The number of hydrogen-bond donors (Lipinski definition) is 1. The van der Waals surface area contributed by atoms with Crippen LogP contribution in [0.2, 0.25) is 5.02 Å². The molecule has 11 heteroatoms. The van der Waals surface area contributed by atoms with Gasteiger partial charge in [0.15, 0.2) is 0 Å². The third kappa shape index (κ3) is 6.98. The molecule has 0 spiro atoms. The Labute approximate surface area is 228 Å². The second-order valence-electron chi connectivity index (χ2n) is 9.77. The van der Waals surface area contributed by atoms with Gasteiger partial charge in [-0.05, 0) is 12.5 Å². The maximum atomic E-state index is 11.6. The van der Waals surface area contributed by atoms with Crippen LogP contribution in [0.25, 0.3) is 0 Å². The highest BCUT2D eigenvalue weighted by molar-refractivity contribution is 6.33. The Morgan fingerprint density at radius 3 is 2.55 bits per heavy atom. The summed E-state index contributed by atoms with van der Waals surface area (Å²) in [6.45, 7) is 5.49. The molecule has 0 aromatic carbocycles. The van der Waals surface area contributed by atoms with E-state index in [4.69, 9.17) is 30.5 Å². The number of aliphatic carboxylic acids is 1. The molecule has 2 aliphatic heterocycles. The van der Waals surface area contributed by atoms with Crippen molar-refractivity contribution < 1.29 is 28.8 Å². The fourth-order valence-electron chi connectivity index (χ4n) is 5.20. The van der Waals surface area contributed by atoms with Crippen LogP contribution in [0.3, 0.4) is 0 Å². The number of methoxy groups -OCH3 is 2. The SMILES string of the molecule is COCCCO[C@H]1CN(c2ccc(OC3CCN(c4cc(OC)ncc4Cl)CC3)nc2)[C@@H](CC(=O)O)[C@@H]1C. The number of halogens is 1. The summed E-state index contributed by atoms with van der Waals surface area (Å²) in [5.74, 6) is 0.348. The summed E-state index contributed by atoms with van der Waals surface area (Å²) in [7, 11) is 3.26. The molecular formula is C27H37ClN4O6. The van der Waals surface area contributed by atoms with Crippen molar-refractivity contribution in [2.24, 2.45) is 5.92 Å². The lowest BCUT2D eigenvalue weighted by molar-refractivity contribution is -0.137. The van der Waals surface area contributed by atoms with E-state index in [-0.39, 0.29) is 30.6 Å². The molecule has 4 rings (SSSR count). The van der Waals surface area contributed by atoms with Gasteiger partial charge in [-0.3, -0.25) is 4.79 Å². The average Bonchev–Trinajstić information content (AvgIpc) is 3.22. The Morgan fingerprint density at radius 1 is 1.13 bits per heavy atom. The van der Waals surface area contributed by atoms with E-state index in [0.29, 0.717) is 36.5 Å². The number of hydrogen-bond acceptors (Lipinski definition) is 9. The van der Waals surface area contributed by atoms with E-state index < -0.39 is 5.97 Å². The predicted molar refractivity (Wildman–Crippen MR) is 145 cm³/mol. The summed E-state index contributed by atoms with van der Waals surface area (Å²) in [6.07, 6.45) is 5.88. The number of piperidine rings is 1. The molecule has 0 radical (unpaired) electrons. The maximum absolute atomic E-state index is 11.6. The molecule has 0 bridgehead atoms. The molecule has 0 unspecified atom stereocenters. The van der Waals surface area contributed by atoms with Crippen molar-refractivity contribution in [2.75, 3.05) is 56.9 Å². The Morgan fingerprint density at radius 2 is 1.89 bits per heavy atom. The molecule has 4 heterocycles. The number of carboxylic acids is 1. The second-order valence-corrected chi connectivity index (χ2v) is 10.2. The molecule has 3 atom stereocenters. The van der Waals surface area contributed by atoms with E-state index in [2.05, 4.69) is 26.7 Å². The van der Waals surface area contributed by atoms with E-state index in [9.17, 15) is 9.90 Å². The van der Waals surface area contributed by atoms with E-state index in [0.717, 1.165) is 43.7 Å². The zero-order valence-corrected chi connectivity index (χ0v) is 23.0. The normalized spacial score (nSPS) is 22.1. The number of anilines is 2. The molecule has 208 valence electrons. The predicted octanol–water partition coefficient (Wildman–Crippen LogP) is 3.91. The molecular weight excluding hydrogens is 512 g/mol. The first kappa shape index (κ1) is 28.2. The average molecular weight is 549 g/mol. The lowest BCUT2D eigenvalue weighted by Gasteiger charge is -2.34. The van der Waals surface area contributed by atoms with Crippen LogP contribution >= 0.6 is 11.6 Å². The van der Waals surface area contributed by atoms with Gasteiger partial charge in [-0.2, -0.15) is 0 Å². The summed E-state index contributed by atoms with van der Waals surface area (Å²) in [6, 6.07) is 5.50. The van der Waals surface area contributed by atoms with Crippen LogP contribution < -0.4 is 19.3 Å². The standard InChI is InChI=1S/C27H37ClN4O6/c1-18-22(14-27(33)34)32(17-24(18)37-12-4-11-35-2)19-5-6-25(29-15-19)38-20-7-9-31(10-8-20)23-13-26(36-3)30-16-21(23)28/h5-6,13,15-16,18,20,22,24H,4,7-12,14,17H2,1-3H3,(H,33,34)/t18-,22-,24-/m0/s1. The Hall–Kier alpha value is -2.82. The molecule has 2 aliphatic rings. The Balaban J connectivity index is 1.34. The third-order valence-electron chi connectivity index (χ3n) is 7.32. The summed E-state index contributed by atoms with van der Waals surface area (Å²) < 4.78 is 22.6. The smallest absolute Gasteiger partial charge is 0.305 e. The number of carboxylic acid groups (broad SMARTS) is 1. The van der Waals surface area contributed by atoms with Crippen molar-refractivity contribution in [3.8, 4) is 11.8 Å². The number of nitrogens with zero attached hydrogens (tertiary/aromatic N) is 4. The number of rotatable bonds is 12. The Bertz CT molecular complexity index is 1050. The summed E-state index contributed by atoms with van der Waals surface area (Å²) in [5.41, 5.74) is 1.78. The molecule has 0 aliphatic carbocycles. The molecule has 2 aromatic rings. The summed E-state index contributed by atoms with van der Waals surface area (Å²) >= 11 is 6.36. The van der Waals surface area contributed by atoms with Gasteiger partial charge in [0.1, 0.15) is 6.10 Å². The summed E-state index contributed by atoms with van der Waals surface area (Å²) in [5, 5.41) is 10.1. The van der Waals surface area contributed by atoms with Gasteiger partial charge in [-0.25, -0.2) is 9.97 Å². The molecule has 38 heavy (non-hydrogen) atoms. The highest BCUT2D eigenvalue weighted by Crippen LogP contribution is 2.34. The van der Waals surface area contributed by atoms with Crippen molar-refractivity contribution in [1.82, 2.24) is 9.97 Å². The van der Waals surface area contributed by atoms with Gasteiger partial charge in [0.25, 0.3) is 0 Å². The molecule has 2 fully saturated rings. The maximum Gasteiger partial charge on any atom is 0.305 e. The highest BCUT2D eigenvalue weighted by atomic mass is 35.5. The lowest BCUT2D eigenvalue weighted by Crippen LogP contribution is -2.38. The van der Waals surface area contributed by atoms with Crippen molar-refractivity contribution >= 4 is 28.9 Å². The first-order chi connectivity index (χ1) is 18.4. The van der Waals surface area contributed by atoms with Gasteiger partial charge in [0.05, 0.1) is 48.4 Å². The number of carbonyl (C=O) groups is 1. The molecule has 10 nitrogen and oxygen atoms in total. The fourth-order valence-corrected chi connectivity index (χ4v) is 5.43. The molecule has 0 amide bonds. The van der Waals surface area contributed by atoms with E-state index >= 15 is 0 Å². The van der Waals surface area contributed by atoms with Gasteiger partial charge < -0.3 is 33.9 Å². The van der Waals surface area contributed by atoms with Crippen molar-refractivity contribution in [2.45, 2.75) is 50.9 Å². The third-order valence-corrected chi connectivity index (χ3v) is 7.61. The van der Waals surface area contributed by atoms with Gasteiger partial charge in [0.2, 0.25) is 11.8 Å². The van der Waals surface area contributed by atoms with E-state index in [1.807, 2.05) is 18.2 Å². The van der Waals surface area contributed by atoms with E-state index in [1.54, 1.807) is 26.6 Å². The molecule has 0 saturated carbocycles. The van der Waals surface area contributed by atoms with Crippen LogP contribution in [0.4, 0.5) is 11.4 Å². The quantitative estimate of drug-likeness (QED) is 0.392. The van der Waals surface area contributed by atoms with Crippen molar-refractivity contribution in [3.05, 3.63) is 35.6 Å². The van der Waals surface area contributed by atoms with Crippen molar-refractivity contribution in [3.63, 3.8) is 0 Å². The largest absolute Gasteiger partial charge is 0.481 e. The van der Waals surface area contributed by atoms with Crippen LogP contribution in [0.15, 0.2) is 30.6 Å². The van der Waals surface area contributed by atoms with E-state index in [1.165, 1.54) is 0 Å². The lowest BCUT2D eigenvalue weighted by atomic mass is 9.97. The number of aromatic nitrogens is 2. The zero-order valence-electron chi connectivity index (χ0n) is 22.2. The monoisotopic (exact) mass is 548 g/mol. The van der Waals surface area contributed by atoms with Crippen LogP contribution in [-0.2, 0) is 14.3 Å². The van der Waals surface area contributed by atoms with Gasteiger partial charge >= 0.3 is 5.97 Å². The van der Waals surface area contributed by atoms with Crippen LogP contribution in [-0.4, -0.2) is 86.4 Å². The van der Waals surface area contributed by atoms with Crippen LogP contribution in [0, 0.1) is 5.92 Å². The molecule has 2 aromatic heterocycles. The minimum absolute atomic E-state index is 0.0449. The molecule has 1 N–H and O–H groups in total. The minimum Gasteiger partial charge on any atom is -0.481 e. The number of ether oxygens (including phenoxy) is 4. The van der Waals surface area contributed by atoms with Crippen LogP contribution in [0.1, 0.15) is 32.6 Å². The van der Waals surface area contributed by atoms with Crippen LogP contribution in [0.5, 0.6) is 11.8 Å². The second kappa shape index (κ2) is 13.3. The topological polar surface area (TPSA) is 106 Å². The zero-order chi connectivity index (χ0) is 27.1. The first-order valence-electron chi connectivity index (χ1n) is 13.1. The molecule has 2 saturated heterocycles. The fraction of sp³-hybridized carbons (Fsp3) is 0.593. The van der Waals surface area contributed by atoms with Gasteiger partial charge in [0, 0.05) is 76.9 Å². The van der Waals surface area contributed by atoms with Gasteiger partial charge in [-0.15, -0.1) is 0 Å². The summed E-state index contributed by atoms with van der Waals surface area (Å²) in [4.78, 5) is 24.6.